The summed E-state index contributed by atoms with van der Waals surface area (Å²) < 4.78 is 18.1. The van der Waals surface area contributed by atoms with Crippen molar-refractivity contribution in [2.45, 2.75) is 12.5 Å². The lowest BCUT2D eigenvalue weighted by Crippen LogP contribution is -2.28. The van der Waals surface area contributed by atoms with Gasteiger partial charge in [0.1, 0.15) is 5.82 Å². The van der Waals surface area contributed by atoms with E-state index >= 15 is 0 Å². The minimum absolute atomic E-state index is 0.185. The van der Waals surface area contributed by atoms with Crippen molar-refractivity contribution in [2.75, 3.05) is 13.7 Å². The summed E-state index contributed by atoms with van der Waals surface area (Å²) in [5.41, 5.74) is 6.27. The molecule has 0 aliphatic heterocycles. The van der Waals surface area contributed by atoms with Crippen LogP contribution in [0.15, 0.2) is 18.2 Å². The predicted octanol–water partition coefficient (Wildman–Crippen LogP) is 2.00. The molecule has 0 bridgehead atoms. The van der Waals surface area contributed by atoms with Crippen molar-refractivity contribution < 1.29 is 9.13 Å². The van der Waals surface area contributed by atoms with Gasteiger partial charge in [0, 0.05) is 18.2 Å². The molecule has 4 heteroatoms. The third-order valence-electron chi connectivity index (χ3n) is 1.88. The smallest absolute Gasteiger partial charge is 0.127 e. The first-order valence-electron chi connectivity index (χ1n) is 4.32. The fourth-order valence-corrected chi connectivity index (χ4v) is 1.40. The number of halogens is 2. The maximum absolute atomic E-state index is 13.3. The molecule has 1 unspecified atom stereocenters. The number of benzene rings is 1. The van der Waals surface area contributed by atoms with Gasteiger partial charge in [-0.2, -0.15) is 0 Å². The molecule has 1 atom stereocenters. The molecule has 0 aromatic heterocycles. The standard InChI is InChI=1S/C10H13ClFNO/c1-14-6-9(13)4-7-2-3-8(11)5-10(7)12/h2-3,5,9H,4,6,13H2,1H3. The molecule has 0 amide bonds. The lowest BCUT2D eigenvalue weighted by molar-refractivity contribution is 0.179. The average molecular weight is 218 g/mol. The van der Waals surface area contributed by atoms with E-state index in [9.17, 15) is 4.39 Å². The molecule has 2 N–H and O–H groups in total. The molecule has 1 aromatic rings. The summed E-state index contributed by atoms with van der Waals surface area (Å²) in [6.07, 6.45) is 0.455. The maximum atomic E-state index is 13.3. The minimum atomic E-state index is -0.316. The van der Waals surface area contributed by atoms with Gasteiger partial charge in [-0.05, 0) is 24.1 Å². The maximum Gasteiger partial charge on any atom is 0.127 e. The fraction of sp³-hybridized carbons (Fsp3) is 0.400. The minimum Gasteiger partial charge on any atom is -0.383 e. The van der Waals surface area contributed by atoms with E-state index in [-0.39, 0.29) is 11.9 Å². The van der Waals surface area contributed by atoms with Crippen LogP contribution in [0.1, 0.15) is 5.56 Å². The van der Waals surface area contributed by atoms with Crippen LogP contribution in [0.2, 0.25) is 5.02 Å². The molecule has 0 aliphatic carbocycles. The van der Waals surface area contributed by atoms with Crippen LogP contribution < -0.4 is 5.73 Å². The lowest BCUT2D eigenvalue weighted by atomic mass is 10.1. The van der Waals surface area contributed by atoms with Crippen LogP contribution in [0, 0.1) is 5.82 Å². The molecule has 0 heterocycles. The van der Waals surface area contributed by atoms with E-state index in [0.717, 1.165) is 0 Å². The van der Waals surface area contributed by atoms with Crippen LogP contribution in [0.4, 0.5) is 4.39 Å². The quantitative estimate of drug-likeness (QED) is 0.837. The van der Waals surface area contributed by atoms with Crippen LogP contribution in [0.5, 0.6) is 0 Å². The van der Waals surface area contributed by atoms with Gasteiger partial charge in [0.2, 0.25) is 0 Å². The molecule has 78 valence electrons. The summed E-state index contributed by atoms with van der Waals surface area (Å²) in [6.45, 7) is 0.419. The molecular formula is C10H13ClFNO. The first kappa shape index (κ1) is 11.4. The van der Waals surface area contributed by atoms with Crippen molar-refractivity contribution in [3.63, 3.8) is 0 Å². The molecule has 0 saturated heterocycles. The van der Waals surface area contributed by atoms with Gasteiger partial charge in [0.05, 0.1) is 6.61 Å². The summed E-state index contributed by atoms with van der Waals surface area (Å²) >= 11 is 5.62. The number of hydrogen-bond donors (Lipinski definition) is 1. The molecule has 1 rings (SSSR count). The first-order valence-corrected chi connectivity index (χ1v) is 4.69. The van der Waals surface area contributed by atoms with E-state index in [0.29, 0.717) is 23.6 Å². The van der Waals surface area contributed by atoms with Gasteiger partial charge in [0.25, 0.3) is 0 Å². The Balaban J connectivity index is 2.67. The highest BCUT2D eigenvalue weighted by molar-refractivity contribution is 6.30. The van der Waals surface area contributed by atoms with Gasteiger partial charge in [0.15, 0.2) is 0 Å². The second-order valence-electron chi connectivity index (χ2n) is 3.16. The van der Waals surface area contributed by atoms with E-state index in [4.69, 9.17) is 22.1 Å². The summed E-state index contributed by atoms with van der Waals surface area (Å²) in [6, 6.07) is 4.40. The normalized spacial score (nSPS) is 12.9. The second-order valence-corrected chi connectivity index (χ2v) is 3.59. The highest BCUT2D eigenvalue weighted by Gasteiger charge is 2.08. The second kappa shape index (κ2) is 5.29. The fourth-order valence-electron chi connectivity index (χ4n) is 1.24. The first-order chi connectivity index (χ1) is 6.63. The van der Waals surface area contributed by atoms with Gasteiger partial charge in [-0.25, -0.2) is 4.39 Å². The Bertz CT molecular complexity index is 306. The van der Waals surface area contributed by atoms with Gasteiger partial charge < -0.3 is 10.5 Å². The van der Waals surface area contributed by atoms with Crippen LogP contribution in [-0.2, 0) is 11.2 Å². The van der Waals surface area contributed by atoms with E-state index < -0.39 is 0 Å². The summed E-state index contributed by atoms with van der Waals surface area (Å²) in [5.74, 6) is -0.316. The molecule has 2 nitrogen and oxygen atoms in total. The number of hydrogen-bond acceptors (Lipinski definition) is 2. The molecule has 0 saturated carbocycles. The third-order valence-corrected chi connectivity index (χ3v) is 2.11. The highest BCUT2D eigenvalue weighted by atomic mass is 35.5. The zero-order chi connectivity index (χ0) is 10.6. The average Bonchev–Trinajstić information content (AvgIpc) is 2.10. The van der Waals surface area contributed by atoms with Crippen LogP contribution in [-0.4, -0.2) is 19.8 Å². The van der Waals surface area contributed by atoms with Crippen molar-refractivity contribution in [3.8, 4) is 0 Å². The Morgan fingerprint density at radius 1 is 1.57 bits per heavy atom. The number of nitrogens with two attached hydrogens (primary N) is 1. The Hall–Kier alpha value is -0.640. The summed E-state index contributed by atoms with van der Waals surface area (Å²) in [5, 5.41) is 0.395. The Labute approximate surface area is 87.8 Å². The molecule has 0 fully saturated rings. The lowest BCUT2D eigenvalue weighted by Gasteiger charge is -2.10. The number of rotatable bonds is 4. The predicted molar refractivity (Wildman–Crippen MR) is 55.0 cm³/mol. The molecule has 14 heavy (non-hydrogen) atoms. The van der Waals surface area contributed by atoms with Crippen molar-refractivity contribution in [2.24, 2.45) is 5.73 Å². The molecule has 0 spiro atoms. The monoisotopic (exact) mass is 217 g/mol. The summed E-state index contributed by atoms with van der Waals surface area (Å²) in [4.78, 5) is 0. The Morgan fingerprint density at radius 3 is 2.86 bits per heavy atom. The molecule has 0 radical (unpaired) electrons. The molecule has 1 aromatic carbocycles. The van der Waals surface area contributed by atoms with Gasteiger partial charge >= 0.3 is 0 Å². The van der Waals surface area contributed by atoms with Crippen molar-refractivity contribution in [3.05, 3.63) is 34.6 Å². The molecular weight excluding hydrogens is 205 g/mol. The zero-order valence-corrected chi connectivity index (χ0v) is 8.72. The SMILES string of the molecule is COCC(N)Cc1ccc(Cl)cc1F. The van der Waals surface area contributed by atoms with E-state index in [1.807, 2.05) is 0 Å². The van der Waals surface area contributed by atoms with Crippen molar-refractivity contribution >= 4 is 11.6 Å². The van der Waals surface area contributed by atoms with Crippen LogP contribution >= 0.6 is 11.6 Å². The van der Waals surface area contributed by atoms with Crippen LogP contribution in [0.25, 0.3) is 0 Å². The highest BCUT2D eigenvalue weighted by Crippen LogP contribution is 2.15. The van der Waals surface area contributed by atoms with Crippen LogP contribution in [0.3, 0.4) is 0 Å². The number of methoxy groups -OCH3 is 1. The van der Waals surface area contributed by atoms with E-state index in [1.54, 1.807) is 19.2 Å². The largest absolute Gasteiger partial charge is 0.383 e. The van der Waals surface area contributed by atoms with E-state index in [2.05, 4.69) is 0 Å². The van der Waals surface area contributed by atoms with E-state index in [1.165, 1.54) is 6.07 Å². The Kier molecular flexibility index (Phi) is 4.32. The van der Waals surface area contributed by atoms with Crippen molar-refractivity contribution in [1.82, 2.24) is 0 Å². The van der Waals surface area contributed by atoms with Gasteiger partial charge in [-0.3, -0.25) is 0 Å². The Morgan fingerprint density at radius 2 is 2.29 bits per heavy atom. The third kappa shape index (κ3) is 3.25. The molecule has 0 aliphatic rings. The summed E-state index contributed by atoms with van der Waals surface area (Å²) in [7, 11) is 1.57. The van der Waals surface area contributed by atoms with Gasteiger partial charge in [-0.1, -0.05) is 17.7 Å². The number of ether oxygens (including phenoxy) is 1. The van der Waals surface area contributed by atoms with Gasteiger partial charge in [-0.15, -0.1) is 0 Å². The zero-order valence-electron chi connectivity index (χ0n) is 7.97. The van der Waals surface area contributed by atoms with Crippen molar-refractivity contribution in [1.29, 1.82) is 0 Å². The topological polar surface area (TPSA) is 35.2 Å².